The Hall–Kier alpha value is -2.31. The number of hydrogen-bond donors (Lipinski definition) is 1. The van der Waals surface area contributed by atoms with Gasteiger partial charge in [0.15, 0.2) is 0 Å². The predicted molar refractivity (Wildman–Crippen MR) is 91.9 cm³/mol. The maximum absolute atomic E-state index is 12.6. The van der Waals surface area contributed by atoms with Crippen LogP contribution in [0.3, 0.4) is 0 Å². The van der Waals surface area contributed by atoms with Crippen molar-refractivity contribution in [3.8, 4) is 0 Å². The van der Waals surface area contributed by atoms with Crippen molar-refractivity contribution in [2.45, 2.75) is 64.3 Å². The van der Waals surface area contributed by atoms with Crippen molar-refractivity contribution in [3.05, 3.63) is 24.5 Å². The van der Waals surface area contributed by atoms with E-state index in [0.29, 0.717) is 13.0 Å². The SMILES string of the molecule is C=Cc1ccn(C[C@]23CC[C@H]2N(C(=O)OC(C)(C)C)[C@H](C(=O)O)C3)n1. The van der Waals surface area contributed by atoms with Gasteiger partial charge < -0.3 is 9.84 Å². The van der Waals surface area contributed by atoms with Crippen LogP contribution in [0.2, 0.25) is 0 Å². The molecule has 7 nitrogen and oxygen atoms in total. The van der Waals surface area contributed by atoms with Crippen LogP contribution >= 0.6 is 0 Å². The molecule has 1 saturated heterocycles. The number of carboxylic acids is 1. The summed E-state index contributed by atoms with van der Waals surface area (Å²) >= 11 is 0. The molecule has 25 heavy (non-hydrogen) atoms. The van der Waals surface area contributed by atoms with Gasteiger partial charge in [-0.3, -0.25) is 9.58 Å². The first-order chi connectivity index (χ1) is 11.6. The molecule has 0 spiro atoms. The number of fused-ring (bicyclic) bond motifs is 1. The van der Waals surface area contributed by atoms with E-state index >= 15 is 0 Å². The molecule has 2 fully saturated rings. The van der Waals surface area contributed by atoms with E-state index < -0.39 is 23.7 Å². The third kappa shape index (κ3) is 3.15. The highest BCUT2D eigenvalue weighted by Crippen LogP contribution is 2.55. The first-order valence-electron chi connectivity index (χ1n) is 8.55. The second kappa shape index (κ2) is 5.89. The number of nitrogens with zero attached hydrogens (tertiary/aromatic N) is 3. The van der Waals surface area contributed by atoms with Crippen LogP contribution in [0.5, 0.6) is 0 Å². The van der Waals surface area contributed by atoms with Gasteiger partial charge in [0.05, 0.1) is 5.69 Å². The van der Waals surface area contributed by atoms with Crippen LogP contribution in [0.15, 0.2) is 18.8 Å². The standard InChI is InChI=1S/C18H25N3O4/c1-5-12-7-9-20(19-12)11-18-8-6-14(18)21(13(10-18)15(22)23)16(24)25-17(2,3)4/h5,7,9,13-14H,1,6,8,10-11H2,2-4H3,(H,22,23)/t13-,14+,18+/m0/s1. The Bertz CT molecular complexity index is 705. The molecule has 3 atom stereocenters. The first kappa shape index (κ1) is 17.5. The lowest BCUT2D eigenvalue weighted by molar-refractivity contribution is -0.142. The van der Waals surface area contributed by atoms with E-state index in [1.165, 1.54) is 4.90 Å². The van der Waals surface area contributed by atoms with Crippen molar-refractivity contribution in [2.75, 3.05) is 0 Å². The smallest absolute Gasteiger partial charge is 0.411 e. The van der Waals surface area contributed by atoms with Crippen molar-refractivity contribution in [2.24, 2.45) is 5.41 Å². The second-order valence-electron chi connectivity index (χ2n) is 8.00. The van der Waals surface area contributed by atoms with Gasteiger partial charge in [-0.05, 0) is 52.2 Å². The number of carboxylic acid groups (broad SMARTS) is 1. The topological polar surface area (TPSA) is 84.7 Å². The minimum Gasteiger partial charge on any atom is -0.480 e. The van der Waals surface area contributed by atoms with E-state index in [9.17, 15) is 14.7 Å². The van der Waals surface area contributed by atoms with Gasteiger partial charge in [0.1, 0.15) is 11.6 Å². The quantitative estimate of drug-likeness (QED) is 0.905. The number of aromatic nitrogens is 2. The molecule has 1 aliphatic carbocycles. The van der Waals surface area contributed by atoms with Gasteiger partial charge in [-0.25, -0.2) is 9.59 Å². The molecule has 0 radical (unpaired) electrons. The molecule has 1 aromatic heterocycles. The van der Waals surface area contributed by atoms with Gasteiger partial charge in [-0.2, -0.15) is 5.10 Å². The highest BCUT2D eigenvalue weighted by molar-refractivity contribution is 5.82. The van der Waals surface area contributed by atoms with Gasteiger partial charge in [0.25, 0.3) is 0 Å². The van der Waals surface area contributed by atoms with Crippen molar-refractivity contribution >= 4 is 18.1 Å². The Kier molecular flexibility index (Phi) is 4.13. The lowest BCUT2D eigenvalue weighted by Crippen LogP contribution is -2.54. The fraction of sp³-hybridized carbons (Fsp3) is 0.611. The number of rotatable bonds is 4. The molecule has 0 unspecified atom stereocenters. The van der Waals surface area contributed by atoms with Gasteiger partial charge in [0.2, 0.25) is 0 Å². The van der Waals surface area contributed by atoms with Crippen molar-refractivity contribution in [1.29, 1.82) is 0 Å². The summed E-state index contributed by atoms with van der Waals surface area (Å²) in [4.78, 5) is 25.8. The number of amides is 1. The summed E-state index contributed by atoms with van der Waals surface area (Å²) in [5, 5.41) is 14.1. The monoisotopic (exact) mass is 347 g/mol. The summed E-state index contributed by atoms with van der Waals surface area (Å²) in [5.74, 6) is -0.980. The zero-order chi connectivity index (χ0) is 18.4. The normalized spacial score (nSPS) is 28.2. The number of aliphatic carboxylic acids is 1. The molecule has 1 saturated carbocycles. The van der Waals surface area contributed by atoms with E-state index in [1.54, 1.807) is 26.8 Å². The largest absolute Gasteiger partial charge is 0.480 e. The lowest BCUT2D eigenvalue weighted by atomic mass is 9.64. The van der Waals surface area contributed by atoms with Crippen LogP contribution in [-0.2, 0) is 16.1 Å². The Labute approximate surface area is 147 Å². The summed E-state index contributed by atoms with van der Waals surface area (Å²) in [6.45, 7) is 9.64. The zero-order valence-corrected chi connectivity index (χ0v) is 14.9. The molecular weight excluding hydrogens is 322 g/mol. The van der Waals surface area contributed by atoms with Gasteiger partial charge in [0, 0.05) is 24.2 Å². The lowest BCUT2D eigenvalue weighted by Gasteiger charge is -2.47. The van der Waals surface area contributed by atoms with Crippen LogP contribution in [-0.4, -0.2) is 49.5 Å². The average molecular weight is 347 g/mol. The van der Waals surface area contributed by atoms with Crippen LogP contribution in [0, 0.1) is 5.41 Å². The fourth-order valence-electron chi connectivity index (χ4n) is 3.98. The van der Waals surface area contributed by atoms with Gasteiger partial charge >= 0.3 is 12.1 Å². The van der Waals surface area contributed by atoms with Crippen LogP contribution in [0.1, 0.15) is 45.7 Å². The van der Waals surface area contributed by atoms with Crippen LogP contribution < -0.4 is 0 Å². The summed E-state index contributed by atoms with van der Waals surface area (Å²) in [6.07, 6.45) is 5.10. The van der Waals surface area contributed by atoms with Crippen molar-refractivity contribution < 1.29 is 19.4 Å². The summed E-state index contributed by atoms with van der Waals surface area (Å²) in [6, 6.07) is 0.892. The molecule has 136 valence electrons. The van der Waals surface area contributed by atoms with Crippen LogP contribution in [0.4, 0.5) is 4.79 Å². The molecule has 3 rings (SSSR count). The molecule has 0 aromatic carbocycles. The molecule has 2 aliphatic rings. The Morgan fingerprint density at radius 3 is 2.72 bits per heavy atom. The van der Waals surface area contributed by atoms with E-state index in [2.05, 4.69) is 11.7 Å². The molecule has 1 amide bonds. The Morgan fingerprint density at radius 1 is 1.52 bits per heavy atom. The second-order valence-corrected chi connectivity index (χ2v) is 8.00. The maximum atomic E-state index is 12.6. The van der Waals surface area contributed by atoms with E-state index in [0.717, 1.165) is 18.5 Å². The zero-order valence-electron chi connectivity index (χ0n) is 14.9. The molecule has 2 heterocycles. The maximum Gasteiger partial charge on any atom is 0.411 e. The van der Waals surface area contributed by atoms with Crippen molar-refractivity contribution in [1.82, 2.24) is 14.7 Å². The molecule has 0 bridgehead atoms. The Balaban J connectivity index is 1.84. The summed E-state index contributed by atoms with van der Waals surface area (Å²) in [7, 11) is 0. The number of carbonyl (C=O) groups excluding carboxylic acids is 1. The molecular formula is C18H25N3O4. The highest BCUT2D eigenvalue weighted by Gasteiger charge is 2.62. The highest BCUT2D eigenvalue weighted by atomic mass is 16.6. The third-order valence-electron chi connectivity index (χ3n) is 5.13. The number of ether oxygens (including phenoxy) is 1. The predicted octanol–water partition coefficient (Wildman–Crippen LogP) is 2.77. The molecule has 7 heteroatoms. The van der Waals surface area contributed by atoms with E-state index in [1.807, 2.05) is 16.9 Å². The number of carbonyl (C=O) groups is 2. The molecule has 1 aromatic rings. The van der Waals surface area contributed by atoms with Gasteiger partial charge in [-0.1, -0.05) is 6.58 Å². The molecule has 1 aliphatic heterocycles. The minimum atomic E-state index is -0.980. The average Bonchev–Trinajstić information content (AvgIpc) is 3.01. The minimum absolute atomic E-state index is 0.125. The number of likely N-dealkylation sites (tertiary alicyclic amines) is 1. The first-order valence-corrected chi connectivity index (χ1v) is 8.55. The number of hydrogen-bond acceptors (Lipinski definition) is 4. The van der Waals surface area contributed by atoms with E-state index in [-0.39, 0.29) is 11.5 Å². The van der Waals surface area contributed by atoms with Crippen molar-refractivity contribution in [3.63, 3.8) is 0 Å². The third-order valence-corrected chi connectivity index (χ3v) is 5.13. The summed E-state index contributed by atoms with van der Waals surface area (Å²) in [5.41, 5.74) is -0.135. The van der Waals surface area contributed by atoms with E-state index in [4.69, 9.17) is 4.74 Å². The Morgan fingerprint density at radius 2 is 2.24 bits per heavy atom. The molecule has 1 N–H and O–H groups in total. The fourth-order valence-corrected chi connectivity index (χ4v) is 3.98. The summed E-state index contributed by atoms with van der Waals surface area (Å²) < 4.78 is 7.28. The van der Waals surface area contributed by atoms with Crippen LogP contribution in [0.25, 0.3) is 6.08 Å². The van der Waals surface area contributed by atoms with Gasteiger partial charge in [-0.15, -0.1) is 0 Å².